The van der Waals surface area contributed by atoms with Crippen molar-refractivity contribution in [2.45, 2.75) is 6.92 Å². The quantitative estimate of drug-likeness (QED) is 0.785. The minimum atomic E-state index is 0.111. The monoisotopic (exact) mass is 210 g/mol. The predicted molar refractivity (Wildman–Crippen MR) is 51.1 cm³/mol. The summed E-state index contributed by atoms with van der Waals surface area (Å²) in [7, 11) is 0. The lowest BCUT2D eigenvalue weighted by atomic mass is 10.2. The van der Waals surface area contributed by atoms with Gasteiger partial charge in [-0.25, -0.2) is 0 Å². The smallest absolute Gasteiger partial charge is 0.259 e. The van der Waals surface area contributed by atoms with E-state index in [0.717, 1.165) is 0 Å². The van der Waals surface area contributed by atoms with Crippen LogP contribution in [-0.2, 0) is 0 Å². The van der Waals surface area contributed by atoms with Gasteiger partial charge in [-0.3, -0.25) is 0 Å². The second kappa shape index (κ2) is 3.31. The van der Waals surface area contributed by atoms with Gasteiger partial charge in [0.2, 0.25) is 0 Å². The Hall–Kier alpha value is -1.55. The first-order valence-corrected chi connectivity index (χ1v) is 4.34. The fourth-order valence-corrected chi connectivity index (χ4v) is 1.28. The van der Waals surface area contributed by atoms with Crippen LogP contribution in [0.3, 0.4) is 0 Å². The number of halogens is 1. The zero-order valence-corrected chi connectivity index (χ0v) is 8.12. The molecule has 0 unspecified atom stereocenters. The van der Waals surface area contributed by atoms with E-state index >= 15 is 0 Å². The molecule has 0 bridgehead atoms. The Morgan fingerprint density at radius 3 is 2.86 bits per heavy atom. The van der Waals surface area contributed by atoms with Gasteiger partial charge < -0.3 is 9.63 Å². The summed E-state index contributed by atoms with van der Waals surface area (Å²) in [6, 6.07) is 4.55. The zero-order valence-electron chi connectivity index (χ0n) is 7.36. The van der Waals surface area contributed by atoms with Crippen LogP contribution < -0.4 is 0 Å². The zero-order chi connectivity index (χ0) is 10.1. The van der Waals surface area contributed by atoms with E-state index in [4.69, 9.17) is 16.1 Å². The maximum atomic E-state index is 9.26. The molecule has 0 radical (unpaired) electrons. The van der Waals surface area contributed by atoms with E-state index in [1.54, 1.807) is 13.0 Å². The van der Waals surface area contributed by atoms with Crippen LogP contribution in [0.25, 0.3) is 11.5 Å². The van der Waals surface area contributed by atoms with E-state index in [9.17, 15) is 5.11 Å². The van der Waals surface area contributed by atoms with Gasteiger partial charge in [0.25, 0.3) is 5.89 Å². The van der Waals surface area contributed by atoms with Crippen molar-refractivity contribution < 1.29 is 9.63 Å². The Labute approximate surface area is 85.1 Å². The molecule has 4 nitrogen and oxygen atoms in total. The average Bonchev–Trinajstić information content (AvgIpc) is 2.56. The fraction of sp³-hybridized carbons (Fsp3) is 0.111. The Balaban J connectivity index is 2.55. The van der Waals surface area contributed by atoms with Crippen LogP contribution in [0.5, 0.6) is 5.75 Å². The topological polar surface area (TPSA) is 59.2 Å². The number of aryl methyl sites for hydroxylation is 1. The van der Waals surface area contributed by atoms with E-state index in [0.29, 0.717) is 22.3 Å². The highest BCUT2D eigenvalue weighted by molar-refractivity contribution is 6.33. The molecule has 0 aliphatic carbocycles. The summed E-state index contributed by atoms with van der Waals surface area (Å²) >= 11 is 5.90. The van der Waals surface area contributed by atoms with Crippen LogP contribution in [0.15, 0.2) is 22.7 Å². The summed E-state index contributed by atoms with van der Waals surface area (Å²) in [5.74, 6) is 0.947. The summed E-state index contributed by atoms with van der Waals surface area (Å²) in [5.41, 5.74) is 0.535. The van der Waals surface area contributed by atoms with E-state index < -0.39 is 0 Å². The molecule has 0 atom stereocenters. The van der Waals surface area contributed by atoms with E-state index in [-0.39, 0.29) is 5.75 Å². The van der Waals surface area contributed by atoms with Gasteiger partial charge in [0.15, 0.2) is 5.82 Å². The lowest BCUT2D eigenvalue weighted by Gasteiger charge is -1.98. The molecule has 1 N–H and O–H groups in total. The van der Waals surface area contributed by atoms with Crippen LogP contribution in [0.2, 0.25) is 5.02 Å². The SMILES string of the molecule is Cc1noc(-c2cc(O)ccc2Cl)n1. The largest absolute Gasteiger partial charge is 0.508 e. The summed E-state index contributed by atoms with van der Waals surface area (Å²) in [4.78, 5) is 4.01. The minimum Gasteiger partial charge on any atom is -0.508 e. The van der Waals surface area contributed by atoms with Crippen LogP contribution >= 0.6 is 11.6 Å². The summed E-state index contributed by atoms with van der Waals surface area (Å²) in [5, 5.41) is 13.4. The predicted octanol–water partition coefficient (Wildman–Crippen LogP) is 2.40. The number of rotatable bonds is 1. The third-order valence-corrected chi connectivity index (χ3v) is 2.04. The van der Waals surface area contributed by atoms with Gasteiger partial charge in [-0.05, 0) is 25.1 Å². The van der Waals surface area contributed by atoms with Crippen LogP contribution in [0.1, 0.15) is 5.82 Å². The third kappa shape index (κ3) is 1.56. The Bertz CT molecular complexity index is 468. The van der Waals surface area contributed by atoms with Crippen molar-refractivity contribution in [3.8, 4) is 17.2 Å². The molecule has 1 aromatic carbocycles. The number of phenolic OH excluding ortho intramolecular Hbond substituents is 1. The van der Waals surface area contributed by atoms with Gasteiger partial charge in [0.1, 0.15) is 5.75 Å². The lowest BCUT2D eigenvalue weighted by molar-refractivity contribution is 0.425. The maximum absolute atomic E-state index is 9.26. The van der Waals surface area contributed by atoms with Gasteiger partial charge in [0, 0.05) is 0 Å². The molecule has 0 amide bonds. The number of hydrogen-bond donors (Lipinski definition) is 1. The number of aromatic nitrogens is 2. The highest BCUT2D eigenvalue weighted by Gasteiger charge is 2.10. The van der Waals surface area contributed by atoms with E-state index in [1.807, 2.05) is 0 Å². The van der Waals surface area contributed by atoms with Gasteiger partial charge in [-0.2, -0.15) is 4.98 Å². The second-order valence-corrected chi connectivity index (χ2v) is 3.22. The summed E-state index contributed by atoms with van der Waals surface area (Å²) in [6.07, 6.45) is 0. The van der Waals surface area contributed by atoms with Crippen LogP contribution in [-0.4, -0.2) is 15.2 Å². The molecule has 0 aliphatic heterocycles. The van der Waals surface area contributed by atoms with Gasteiger partial charge in [0.05, 0.1) is 10.6 Å². The summed E-state index contributed by atoms with van der Waals surface area (Å²) < 4.78 is 4.93. The first-order chi connectivity index (χ1) is 6.66. The highest BCUT2D eigenvalue weighted by Crippen LogP contribution is 2.29. The van der Waals surface area contributed by atoms with Crippen molar-refractivity contribution >= 4 is 11.6 Å². The first-order valence-electron chi connectivity index (χ1n) is 3.96. The van der Waals surface area contributed by atoms with Crippen molar-refractivity contribution in [3.63, 3.8) is 0 Å². The molecule has 0 saturated carbocycles. The van der Waals surface area contributed by atoms with Crippen LogP contribution in [0, 0.1) is 6.92 Å². The molecule has 2 rings (SSSR count). The molecule has 1 aromatic heterocycles. The van der Waals surface area contributed by atoms with E-state index in [2.05, 4.69) is 10.1 Å². The third-order valence-electron chi connectivity index (χ3n) is 1.71. The summed E-state index contributed by atoms with van der Waals surface area (Å²) in [6.45, 7) is 1.71. The standard InChI is InChI=1S/C9H7ClN2O2/c1-5-11-9(14-12-5)7-4-6(13)2-3-8(7)10/h2-4,13H,1H3. The Kier molecular flexibility index (Phi) is 2.13. The number of phenols is 1. The molecule has 0 spiro atoms. The van der Waals surface area contributed by atoms with E-state index in [1.165, 1.54) is 12.1 Å². The molecular formula is C9H7ClN2O2. The normalized spacial score (nSPS) is 10.4. The number of nitrogens with zero attached hydrogens (tertiary/aromatic N) is 2. The van der Waals surface area contributed by atoms with Crippen molar-refractivity contribution in [1.82, 2.24) is 10.1 Å². The minimum absolute atomic E-state index is 0.111. The molecule has 5 heteroatoms. The number of hydrogen-bond acceptors (Lipinski definition) is 4. The molecular weight excluding hydrogens is 204 g/mol. The lowest BCUT2D eigenvalue weighted by Crippen LogP contribution is -1.80. The van der Waals surface area contributed by atoms with Crippen molar-refractivity contribution in [2.75, 3.05) is 0 Å². The van der Waals surface area contributed by atoms with Crippen molar-refractivity contribution in [3.05, 3.63) is 29.0 Å². The number of benzene rings is 1. The van der Waals surface area contributed by atoms with Crippen LogP contribution in [0.4, 0.5) is 0 Å². The molecule has 1 heterocycles. The maximum Gasteiger partial charge on any atom is 0.259 e. The fourth-order valence-electron chi connectivity index (χ4n) is 1.08. The van der Waals surface area contributed by atoms with Crippen molar-refractivity contribution in [1.29, 1.82) is 0 Å². The molecule has 0 fully saturated rings. The van der Waals surface area contributed by atoms with Crippen molar-refractivity contribution in [2.24, 2.45) is 0 Å². The average molecular weight is 211 g/mol. The molecule has 72 valence electrons. The molecule has 0 saturated heterocycles. The van der Waals surface area contributed by atoms with Gasteiger partial charge in [-0.15, -0.1) is 0 Å². The van der Waals surface area contributed by atoms with Gasteiger partial charge in [-0.1, -0.05) is 16.8 Å². The highest BCUT2D eigenvalue weighted by atomic mass is 35.5. The second-order valence-electron chi connectivity index (χ2n) is 2.81. The Morgan fingerprint density at radius 2 is 2.21 bits per heavy atom. The van der Waals surface area contributed by atoms with Gasteiger partial charge >= 0.3 is 0 Å². The Morgan fingerprint density at radius 1 is 1.43 bits per heavy atom. The molecule has 0 aliphatic rings. The number of aromatic hydroxyl groups is 1. The first kappa shape index (κ1) is 9.02. The molecule has 14 heavy (non-hydrogen) atoms. The molecule has 2 aromatic rings.